The number of rotatable bonds is 1. The molecule has 0 aromatic heterocycles. The maximum Gasteiger partial charge on any atom is 0.0352 e. The van der Waals surface area contributed by atoms with Gasteiger partial charge >= 0.3 is 0 Å². The normalized spacial score (nSPS) is 15.4. The van der Waals surface area contributed by atoms with Gasteiger partial charge in [-0.05, 0) is 38.6 Å². The first-order valence-corrected chi connectivity index (χ1v) is 8.09. The first-order valence-electron chi connectivity index (χ1n) is 8.09. The Bertz CT molecular complexity index is 1010. The molecule has 1 unspecified atom stereocenters. The van der Waals surface area contributed by atoms with E-state index in [1.54, 1.807) is 0 Å². The molecule has 4 aromatic carbocycles. The fourth-order valence-corrected chi connectivity index (χ4v) is 3.98. The number of hydrogen-bond acceptors (Lipinski definition) is 0. The van der Waals surface area contributed by atoms with Crippen molar-refractivity contribution in [2.75, 3.05) is 0 Å². The van der Waals surface area contributed by atoms with Crippen LogP contribution in [0.15, 0.2) is 91.0 Å². The minimum absolute atomic E-state index is 0.340. The third-order valence-corrected chi connectivity index (χ3v) is 4.95. The molecule has 0 aliphatic heterocycles. The Morgan fingerprint density at radius 3 is 2.17 bits per heavy atom. The lowest BCUT2D eigenvalue weighted by Gasteiger charge is -2.14. The van der Waals surface area contributed by atoms with Crippen molar-refractivity contribution in [1.29, 1.82) is 0 Å². The molecule has 1 aliphatic carbocycles. The van der Waals surface area contributed by atoms with Crippen LogP contribution in [-0.2, 0) is 0 Å². The lowest BCUT2D eigenvalue weighted by molar-refractivity contribution is 1.02. The summed E-state index contributed by atoms with van der Waals surface area (Å²) >= 11 is 0. The Hall–Kier alpha value is -2.86. The highest BCUT2D eigenvalue weighted by Gasteiger charge is 2.30. The molecule has 5 rings (SSSR count). The molecule has 0 heterocycles. The molecule has 0 amide bonds. The molecule has 0 bridgehead atoms. The predicted molar refractivity (Wildman–Crippen MR) is 96.8 cm³/mol. The Kier molecular flexibility index (Phi) is 2.65. The van der Waals surface area contributed by atoms with Crippen LogP contribution in [-0.4, -0.2) is 0 Å². The fraction of sp³-hybridized carbons (Fsp3) is 0.0435. The van der Waals surface area contributed by atoms with Crippen molar-refractivity contribution in [1.82, 2.24) is 0 Å². The van der Waals surface area contributed by atoms with Crippen LogP contribution in [0.4, 0.5) is 0 Å². The summed E-state index contributed by atoms with van der Waals surface area (Å²) in [5.41, 5.74) is 7.01. The molecule has 0 radical (unpaired) electrons. The number of hydrogen-bond donors (Lipinski definition) is 0. The Labute approximate surface area is 136 Å². The molecule has 4 aromatic rings. The quantitative estimate of drug-likeness (QED) is 0.355. The van der Waals surface area contributed by atoms with E-state index in [0.29, 0.717) is 5.92 Å². The van der Waals surface area contributed by atoms with Gasteiger partial charge in [0.25, 0.3) is 0 Å². The van der Waals surface area contributed by atoms with Crippen molar-refractivity contribution in [3.05, 3.63) is 108 Å². The summed E-state index contributed by atoms with van der Waals surface area (Å²) in [6.45, 7) is 0. The van der Waals surface area contributed by atoms with Crippen LogP contribution in [0.5, 0.6) is 0 Å². The summed E-state index contributed by atoms with van der Waals surface area (Å²) in [4.78, 5) is 0. The molecule has 0 fully saturated rings. The first-order chi connectivity index (χ1) is 11.4. The van der Waals surface area contributed by atoms with Gasteiger partial charge in [0.2, 0.25) is 0 Å². The van der Waals surface area contributed by atoms with Crippen LogP contribution in [0.25, 0.3) is 21.9 Å². The van der Waals surface area contributed by atoms with Crippen LogP contribution in [0.3, 0.4) is 0 Å². The third kappa shape index (κ3) is 1.78. The van der Waals surface area contributed by atoms with Crippen LogP contribution >= 0.6 is 0 Å². The van der Waals surface area contributed by atoms with Gasteiger partial charge in [-0.1, -0.05) is 91.0 Å². The van der Waals surface area contributed by atoms with Crippen LogP contribution < -0.4 is 0 Å². The Morgan fingerprint density at radius 2 is 1.26 bits per heavy atom. The molecule has 0 saturated heterocycles. The lowest BCUT2D eigenvalue weighted by atomic mass is 9.89. The van der Waals surface area contributed by atoms with Crippen molar-refractivity contribution in [2.24, 2.45) is 0 Å². The van der Waals surface area contributed by atoms with Crippen molar-refractivity contribution in [3.63, 3.8) is 0 Å². The highest BCUT2D eigenvalue weighted by molar-refractivity contribution is 6.02. The van der Waals surface area contributed by atoms with E-state index in [-0.39, 0.29) is 0 Å². The molecule has 0 nitrogen and oxygen atoms in total. The summed E-state index contributed by atoms with van der Waals surface area (Å²) in [7, 11) is 0. The van der Waals surface area contributed by atoms with Gasteiger partial charge in [-0.15, -0.1) is 0 Å². The second kappa shape index (κ2) is 4.82. The standard InChI is InChI=1S/C23H16/c1-2-9-17(10-3-1)22-19-12-6-7-13-20(19)23-18-11-5-4-8-16(18)14-15-21(22)23/h1-15,22H. The minimum Gasteiger partial charge on any atom is -0.0622 e. The summed E-state index contributed by atoms with van der Waals surface area (Å²) < 4.78 is 0. The summed E-state index contributed by atoms with van der Waals surface area (Å²) in [5.74, 6) is 0.340. The van der Waals surface area contributed by atoms with Gasteiger partial charge in [-0.3, -0.25) is 0 Å². The van der Waals surface area contributed by atoms with E-state index in [0.717, 1.165) is 0 Å². The molecule has 1 atom stereocenters. The van der Waals surface area contributed by atoms with E-state index in [1.165, 1.54) is 38.6 Å². The van der Waals surface area contributed by atoms with E-state index in [9.17, 15) is 0 Å². The monoisotopic (exact) mass is 292 g/mol. The second-order valence-electron chi connectivity index (χ2n) is 6.18. The number of fused-ring (bicyclic) bond motifs is 5. The Morgan fingerprint density at radius 1 is 0.522 bits per heavy atom. The van der Waals surface area contributed by atoms with Gasteiger partial charge < -0.3 is 0 Å². The van der Waals surface area contributed by atoms with Crippen molar-refractivity contribution >= 4 is 10.8 Å². The first kappa shape index (κ1) is 12.7. The van der Waals surface area contributed by atoms with Gasteiger partial charge in [-0.2, -0.15) is 0 Å². The van der Waals surface area contributed by atoms with Gasteiger partial charge in [0.05, 0.1) is 0 Å². The van der Waals surface area contributed by atoms with Gasteiger partial charge in [0, 0.05) is 5.92 Å². The molecule has 23 heavy (non-hydrogen) atoms. The second-order valence-corrected chi connectivity index (χ2v) is 6.18. The molecule has 108 valence electrons. The zero-order chi connectivity index (χ0) is 15.2. The zero-order valence-electron chi connectivity index (χ0n) is 12.7. The zero-order valence-corrected chi connectivity index (χ0v) is 12.7. The third-order valence-electron chi connectivity index (χ3n) is 4.95. The Balaban J connectivity index is 1.90. The number of benzene rings is 4. The molecule has 0 spiro atoms. The summed E-state index contributed by atoms with van der Waals surface area (Å²) in [6, 6.07) is 33.0. The molecule has 0 saturated carbocycles. The SMILES string of the molecule is c1ccc(C2c3ccccc3-c3c2ccc2ccccc32)cc1. The maximum absolute atomic E-state index is 2.31. The highest BCUT2D eigenvalue weighted by atomic mass is 14.3. The van der Waals surface area contributed by atoms with Crippen molar-refractivity contribution < 1.29 is 0 Å². The molecular weight excluding hydrogens is 276 g/mol. The molecule has 1 aliphatic rings. The molecule has 0 heteroatoms. The van der Waals surface area contributed by atoms with E-state index >= 15 is 0 Å². The van der Waals surface area contributed by atoms with E-state index in [2.05, 4.69) is 91.0 Å². The van der Waals surface area contributed by atoms with Crippen LogP contribution in [0.1, 0.15) is 22.6 Å². The summed E-state index contributed by atoms with van der Waals surface area (Å²) in [6.07, 6.45) is 0. The van der Waals surface area contributed by atoms with Crippen LogP contribution in [0, 0.1) is 0 Å². The van der Waals surface area contributed by atoms with Crippen molar-refractivity contribution in [3.8, 4) is 11.1 Å². The van der Waals surface area contributed by atoms with E-state index < -0.39 is 0 Å². The maximum atomic E-state index is 2.31. The fourth-order valence-electron chi connectivity index (χ4n) is 3.98. The minimum atomic E-state index is 0.340. The van der Waals surface area contributed by atoms with E-state index in [1.807, 2.05) is 0 Å². The van der Waals surface area contributed by atoms with Gasteiger partial charge in [0.1, 0.15) is 0 Å². The largest absolute Gasteiger partial charge is 0.0622 e. The van der Waals surface area contributed by atoms with Crippen LogP contribution in [0.2, 0.25) is 0 Å². The van der Waals surface area contributed by atoms with E-state index in [4.69, 9.17) is 0 Å². The smallest absolute Gasteiger partial charge is 0.0352 e. The van der Waals surface area contributed by atoms with Crippen molar-refractivity contribution in [2.45, 2.75) is 5.92 Å². The summed E-state index contributed by atoms with van der Waals surface area (Å²) in [5, 5.41) is 2.67. The lowest BCUT2D eigenvalue weighted by Crippen LogP contribution is -1.98. The topological polar surface area (TPSA) is 0 Å². The van der Waals surface area contributed by atoms with Gasteiger partial charge in [0.15, 0.2) is 0 Å². The highest BCUT2D eigenvalue weighted by Crippen LogP contribution is 2.50. The average molecular weight is 292 g/mol. The van der Waals surface area contributed by atoms with Gasteiger partial charge in [-0.25, -0.2) is 0 Å². The average Bonchev–Trinajstić information content (AvgIpc) is 2.97. The molecular formula is C23H16. The predicted octanol–water partition coefficient (Wildman–Crippen LogP) is 6.00. The molecule has 0 N–H and O–H groups in total.